The minimum absolute atomic E-state index is 0.643. The van der Waals surface area contributed by atoms with Gasteiger partial charge in [0.25, 0.3) is 0 Å². The molecule has 14 heavy (non-hydrogen) atoms. The molecular weight excluding hydrogens is 212 g/mol. The van der Waals surface area contributed by atoms with Gasteiger partial charge in [-0.25, -0.2) is 4.98 Å². The van der Waals surface area contributed by atoms with E-state index in [4.69, 9.17) is 5.73 Å². The van der Waals surface area contributed by atoms with Crippen LogP contribution in [0.25, 0.3) is 0 Å². The van der Waals surface area contributed by atoms with Crippen molar-refractivity contribution in [2.45, 2.75) is 38.2 Å². The van der Waals surface area contributed by atoms with Gasteiger partial charge in [-0.2, -0.15) is 11.8 Å². The Balaban J connectivity index is 2.38. The monoisotopic (exact) mass is 230 g/mol. The number of nitrogens with zero attached hydrogens (tertiary/aromatic N) is 1. The zero-order valence-corrected chi connectivity index (χ0v) is 10.7. The van der Waals surface area contributed by atoms with E-state index in [1.807, 2.05) is 23.1 Å². The Kier molecular flexibility index (Phi) is 4.92. The lowest BCUT2D eigenvalue weighted by Crippen LogP contribution is -2.07. The normalized spacial score (nSPS) is 13.1. The smallest absolute Gasteiger partial charge is 0.103 e. The van der Waals surface area contributed by atoms with E-state index in [2.05, 4.69) is 25.8 Å². The number of nitrogens with two attached hydrogens (primary N) is 1. The molecule has 2 nitrogen and oxygen atoms in total. The van der Waals surface area contributed by atoms with Crippen LogP contribution in [0.2, 0.25) is 0 Å². The molecule has 1 aromatic rings. The maximum atomic E-state index is 5.50. The molecule has 1 aromatic heterocycles. The van der Waals surface area contributed by atoms with Gasteiger partial charge in [0.15, 0.2) is 0 Å². The number of thiazole rings is 1. The average Bonchev–Trinajstić information content (AvgIpc) is 2.44. The number of thioether (sulfide) groups is 1. The van der Waals surface area contributed by atoms with E-state index in [0.717, 1.165) is 18.7 Å². The van der Waals surface area contributed by atoms with Crippen molar-refractivity contribution in [3.8, 4) is 0 Å². The van der Waals surface area contributed by atoms with Crippen molar-refractivity contribution < 1.29 is 0 Å². The molecular formula is C10H18N2S2. The van der Waals surface area contributed by atoms with E-state index in [-0.39, 0.29) is 0 Å². The predicted molar refractivity (Wildman–Crippen MR) is 66.0 cm³/mol. The molecule has 2 N–H and O–H groups in total. The maximum absolute atomic E-state index is 5.50. The fraction of sp³-hybridized carbons (Fsp3) is 0.700. The fourth-order valence-corrected chi connectivity index (χ4v) is 3.10. The second-order valence-electron chi connectivity index (χ2n) is 3.45. The van der Waals surface area contributed by atoms with Crippen molar-refractivity contribution in [1.82, 2.24) is 4.98 Å². The Morgan fingerprint density at radius 3 is 2.71 bits per heavy atom. The zero-order valence-electron chi connectivity index (χ0n) is 9.04. The molecule has 0 fully saturated rings. The molecule has 1 rings (SSSR count). The Labute approximate surface area is 94.3 Å². The maximum Gasteiger partial charge on any atom is 0.103 e. The van der Waals surface area contributed by atoms with Crippen LogP contribution < -0.4 is 5.73 Å². The highest BCUT2D eigenvalue weighted by Gasteiger charge is 2.06. The van der Waals surface area contributed by atoms with Gasteiger partial charge in [-0.3, -0.25) is 0 Å². The van der Waals surface area contributed by atoms with Crippen molar-refractivity contribution in [1.29, 1.82) is 0 Å². The quantitative estimate of drug-likeness (QED) is 0.845. The standard InChI is InChI=1S/C10H18N2S2/c1-7(4-5-11)13-6-10-12-8(2)9(3)14-10/h7H,4-6,11H2,1-3H3. The third-order valence-electron chi connectivity index (χ3n) is 2.14. The molecule has 0 saturated carbocycles. The molecule has 0 radical (unpaired) electrons. The van der Waals surface area contributed by atoms with Crippen molar-refractivity contribution in [3.05, 3.63) is 15.6 Å². The van der Waals surface area contributed by atoms with Crippen LogP contribution in [0.5, 0.6) is 0 Å². The van der Waals surface area contributed by atoms with Gasteiger partial charge >= 0.3 is 0 Å². The Morgan fingerprint density at radius 2 is 2.21 bits per heavy atom. The number of aromatic nitrogens is 1. The lowest BCUT2D eigenvalue weighted by atomic mass is 10.3. The summed E-state index contributed by atoms with van der Waals surface area (Å²) >= 11 is 3.76. The average molecular weight is 230 g/mol. The van der Waals surface area contributed by atoms with Gasteiger partial charge in [-0.05, 0) is 26.8 Å². The first-order valence-electron chi connectivity index (χ1n) is 4.88. The summed E-state index contributed by atoms with van der Waals surface area (Å²) in [5.74, 6) is 1.03. The van der Waals surface area contributed by atoms with Gasteiger partial charge in [-0.1, -0.05) is 6.92 Å². The van der Waals surface area contributed by atoms with Crippen molar-refractivity contribution in [2.75, 3.05) is 6.54 Å². The van der Waals surface area contributed by atoms with E-state index in [1.165, 1.54) is 15.6 Å². The van der Waals surface area contributed by atoms with E-state index in [1.54, 1.807) is 0 Å². The van der Waals surface area contributed by atoms with Gasteiger partial charge < -0.3 is 5.73 Å². The highest BCUT2D eigenvalue weighted by molar-refractivity contribution is 7.99. The molecule has 0 aliphatic heterocycles. The fourth-order valence-electron chi connectivity index (χ4n) is 1.13. The molecule has 0 saturated heterocycles. The van der Waals surface area contributed by atoms with Crippen molar-refractivity contribution in [3.63, 3.8) is 0 Å². The van der Waals surface area contributed by atoms with Crippen LogP contribution in [-0.4, -0.2) is 16.8 Å². The molecule has 0 aliphatic carbocycles. The highest BCUT2D eigenvalue weighted by atomic mass is 32.2. The van der Waals surface area contributed by atoms with Crippen LogP contribution in [0.3, 0.4) is 0 Å². The van der Waals surface area contributed by atoms with E-state index in [9.17, 15) is 0 Å². The number of aryl methyl sites for hydroxylation is 2. The van der Waals surface area contributed by atoms with E-state index in [0.29, 0.717) is 5.25 Å². The first-order chi connectivity index (χ1) is 6.63. The summed E-state index contributed by atoms with van der Waals surface area (Å²) < 4.78 is 0. The zero-order chi connectivity index (χ0) is 10.6. The van der Waals surface area contributed by atoms with E-state index < -0.39 is 0 Å². The Hall–Kier alpha value is -0.0600. The van der Waals surface area contributed by atoms with Gasteiger partial charge in [0.1, 0.15) is 5.01 Å². The van der Waals surface area contributed by atoms with E-state index >= 15 is 0 Å². The van der Waals surface area contributed by atoms with Crippen LogP contribution in [-0.2, 0) is 5.75 Å². The number of rotatable bonds is 5. The number of hydrogen-bond donors (Lipinski definition) is 1. The van der Waals surface area contributed by atoms with Gasteiger partial charge in [-0.15, -0.1) is 11.3 Å². The summed E-state index contributed by atoms with van der Waals surface area (Å²) in [6.07, 6.45) is 1.09. The molecule has 1 heterocycles. The van der Waals surface area contributed by atoms with Crippen molar-refractivity contribution >= 4 is 23.1 Å². The van der Waals surface area contributed by atoms with Crippen molar-refractivity contribution in [2.24, 2.45) is 5.73 Å². The predicted octanol–water partition coefficient (Wildman–Crippen LogP) is 2.73. The topological polar surface area (TPSA) is 38.9 Å². The first-order valence-corrected chi connectivity index (χ1v) is 6.74. The second-order valence-corrected chi connectivity index (χ2v) is 6.16. The Morgan fingerprint density at radius 1 is 1.50 bits per heavy atom. The van der Waals surface area contributed by atoms with Crippen LogP contribution in [0.1, 0.15) is 28.9 Å². The lowest BCUT2D eigenvalue weighted by molar-refractivity contribution is 0.822. The summed E-state index contributed by atoms with van der Waals surface area (Å²) in [6, 6.07) is 0. The summed E-state index contributed by atoms with van der Waals surface area (Å²) in [6.45, 7) is 7.21. The van der Waals surface area contributed by atoms with Crippen LogP contribution >= 0.6 is 23.1 Å². The third kappa shape index (κ3) is 3.59. The molecule has 0 bridgehead atoms. The Bertz CT molecular complexity index is 264. The molecule has 4 heteroatoms. The molecule has 0 aliphatic rings. The summed E-state index contributed by atoms with van der Waals surface area (Å²) in [5, 5.41) is 1.89. The van der Waals surface area contributed by atoms with Gasteiger partial charge in [0.05, 0.1) is 5.69 Å². The molecule has 1 atom stereocenters. The molecule has 80 valence electrons. The minimum Gasteiger partial charge on any atom is -0.330 e. The summed E-state index contributed by atoms with van der Waals surface area (Å²) in [7, 11) is 0. The summed E-state index contributed by atoms with van der Waals surface area (Å²) in [4.78, 5) is 5.85. The van der Waals surface area contributed by atoms with Crippen LogP contribution in [0.4, 0.5) is 0 Å². The molecule has 0 aromatic carbocycles. The largest absolute Gasteiger partial charge is 0.330 e. The third-order valence-corrected chi connectivity index (χ3v) is 4.64. The minimum atomic E-state index is 0.643. The van der Waals surface area contributed by atoms with Gasteiger partial charge in [0.2, 0.25) is 0 Å². The molecule has 0 amide bonds. The molecule has 0 spiro atoms. The first kappa shape index (κ1) is 12.0. The SMILES string of the molecule is Cc1nc(CSC(C)CCN)sc1C. The summed E-state index contributed by atoms with van der Waals surface area (Å²) in [5.41, 5.74) is 6.68. The highest BCUT2D eigenvalue weighted by Crippen LogP contribution is 2.24. The second kappa shape index (κ2) is 5.73. The lowest BCUT2D eigenvalue weighted by Gasteiger charge is -2.07. The number of hydrogen-bond acceptors (Lipinski definition) is 4. The van der Waals surface area contributed by atoms with Gasteiger partial charge in [0, 0.05) is 15.9 Å². The molecule has 1 unspecified atom stereocenters. The van der Waals surface area contributed by atoms with Crippen LogP contribution in [0.15, 0.2) is 0 Å². The van der Waals surface area contributed by atoms with Crippen LogP contribution in [0, 0.1) is 13.8 Å².